The molecule has 0 aliphatic carbocycles. The van der Waals surface area contributed by atoms with Crippen molar-refractivity contribution in [2.75, 3.05) is 18.5 Å². The molecule has 1 aliphatic heterocycles. The maximum Gasteiger partial charge on any atom is 0.321 e. The molecule has 0 bridgehead atoms. The van der Waals surface area contributed by atoms with Crippen LogP contribution < -0.4 is 16.2 Å². The monoisotopic (exact) mass is 384 g/mol. The summed E-state index contributed by atoms with van der Waals surface area (Å²) in [6, 6.07) is 5.59. The quantitative estimate of drug-likeness (QED) is 0.706. The average molecular weight is 384 g/mol. The van der Waals surface area contributed by atoms with Crippen LogP contribution in [-0.2, 0) is 4.74 Å². The van der Waals surface area contributed by atoms with Crippen LogP contribution in [0.5, 0.6) is 0 Å². The number of rotatable bonds is 4. The topological polar surface area (TPSA) is 111 Å². The first-order valence-electron chi connectivity index (χ1n) is 8.26. The van der Waals surface area contributed by atoms with Crippen molar-refractivity contribution in [2.45, 2.75) is 12.1 Å². The minimum absolute atomic E-state index is 0.254. The van der Waals surface area contributed by atoms with Crippen molar-refractivity contribution in [3.63, 3.8) is 0 Å². The summed E-state index contributed by atoms with van der Waals surface area (Å²) in [6.45, 7) is 0.582. The molecule has 2 amide bonds. The van der Waals surface area contributed by atoms with Gasteiger partial charge in [0.1, 0.15) is 6.04 Å². The van der Waals surface area contributed by atoms with E-state index in [2.05, 4.69) is 25.7 Å². The van der Waals surface area contributed by atoms with Crippen molar-refractivity contribution >= 4 is 22.5 Å². The van der Waals surface area contributed by atoms with Gasteiger partial charge < -0.3 is 10.1 Å². The lowest BCUT2D eigenvalue weighted by molar-refractivity contribution is 0.181. The predicted molar refractivity (Wildman–Crippen MR) is 99.6 cm³/mol. The second-order valence-electron chi connectivity index (χ2n) is 5.88. The third-order valence-corrected chi connectivity index (χ3v) is 4.82. The average Bonchev–Trinajstić information content (AvgIpc) is 3.35. The van der Waals surface area contributed by atoms with E-state index in [0.29, 0.717) is 17.4 Å². The number of amides is 2. The number of carbonyl (C=O) groups excluding carboxylic acids is 1. The lowest BCUT2D eigenvalue weighted by atomic mass is 10.1. The minimum atomic E-state index is -0.402. The maximum atomic E-state index is 12.4. The number of pyridine rings is 1. The molecular weight excluding hydrogens is 368 g/mol. The van der Waals surface area contributed by atoms with Gasteiger partial charge in [-0.3, -0.25) is 15.1 Å². The van der Waals surface area contributed by atoms with Gasteiger partial charge in [-0.2, -0.15) is 5.10 Å². The molecule has 0 aromatic carbocycles. The summed E-state index contributed by atoms with van der Waals surface area (Å²) in [5.74, 6) is 0. The van der Waals surface area contributed by atoms with E-state index in [0.717, 1.165) is 5.56 Å². The first kappa shape index (κ1) is 17.3. The molecule has 4 heterocycles. The van der Waals surface area contributed by atoms with Crippen molar-refractivity contribution in [1.82, 2.24) is 25.1 Å². The van der Waals surface area contributed by atoms with E-state index in [4.69, 9.17) is 4.74 Å². The first-order valence-corrected chi connectivity index (χ1v) is 9.14. The Balaban J connectivity index is 1.54. The van der Waals surface area contributed by atoms with Crippen LogP contribution in [0.25, 0.3) is 11.3 Å². The number of anilines is 1. The zero-order chi connectivity index (χ0) is 18.6. The van der Waals surface area contributed by atoms with E-state index in [-0.39, 0.29) is 18.2 Å². The number of carbonyl (C=O) groups is 1. The highest BCUT2D eigenvalue weighted by molar-refractivity contribution is 7.13. The fraction of sp³-hybridized carbons (Fsp3) is 0.235. The lowest BCUT2D eigenvalue weighted by Gasteiger charge is -2.20. The SMILES string of the molecule is O=C(Nc1nccs1)NC1COCC1n1nc(-c2ccncc2)ccc1=O. The van der Waals surface area contributed by atoms with Crippen molar-refractivity contribution in [2.24, 2.45) is 0 Å². The van der Waals surface area contributed by atoms with Crippen LogP contribution in [0, 0.1) is 0 Å². The molecule has 9 nitrogen and oxygen atoms in total. The Labute approximate surface area is 158 Å². The van der Waals surface area contributed by atoms with Crippen LogP contribution in [0.15, 0.2) is 53.0 Å². The molecule has 138 valence electrons. The molecule has 0 spiro atoms. The van der Waals surface area contributed by atoms with Crippen LogP contribution in [0.2, 0.25) is 0 Å². The van der Waals surface area contributed by atoms with Gasteiger partial charge in [0.15, 0.2) is 5.13 Å². The Morgan fingerprint density at radius 1 is 1.19 bits per heavy atom. The molecule has 4 rings (SSSR count). The smallest absolute Gasteiger partial charge is 0.321 e. The van der Waals surface area contributed by atoms with Crippen LogP contribution in [0.1, 0.15) is 6.04 Å². The number of thiazole rings is 1. The van der Waals surface area contributed by atoms with Gasteiger partial charge in [0, 0.05) is 35.6 Å². The highest BCUT2D eigenvalue weighted by atomic mass is 32.1. The Morgan fingerprint density at radius 3 is 2.81 bits per heavy atom. The van der Waals surface area contributed by atoms with Gasteiger partial charge in [-0.25, -0.2) is 14.5 Å². The predicted octanol–water partition coefficient (Wildman–Crippen LogP) is 1.52. The van der Waals surface area contributed by atoms with E-state index >= 15 is 0 Å². The molecule has 2 unspecified atom stereocenters. The van der Waals surface area contributed by atoms with Crippen molar-refractivity contribution in [1.29, 1.82) is 0 Å². The van der Waals surface area contributed by atoms with Gasteiger partial charge in [-0.1, -0.05) is 0 Å². The normalized spacial score (nSPS) is 19.0. The van der Waals surface area contributed by atoms with Crippen LogP contribution in [0.3, 0.4) is 0 Å². The minimum Gasteiger partial charge on any atom is -0.377 e. The van der Waals surface area contributed by atoms with E-state index < -0.39 is 12.1 Å². The number of ether oxygens (including phenoxy) is 1. The number of aromatic nitrogens is 4. The zero-order valence-corrected chi connectivity index (χ0v) is 14.9. The van der Waals surface area contributed by atoms with Crippen molar-refractivity contribution in [3.05, 3.63) is 58.6 Å². The van der Waals surface area contributed by atoms with E-state index in [9.17, 15) is 9.59 Å². The summed E-state index contributed by atoms with van der Waals surface area (Å²) in [4.78, 5) is 32.6. The second kappa shape index (κ2) is 7.64. The van der Waals surface area contributed by atoms with Gasteiger partial charge in [0.2, 0.25) is 0 Å². The van der Waals surface area contributed by atoms with Crippen LogP contribution in [-0.4, -0.2) is 45.0 Å². The highest BCUT2D eigenvalue weighted by Crippen LogP contribution is 2.20. The molecule has 3 aromatic rings. The third-order valence-electron chi connectivity index (χ3n) is 4.14. The fourth-order valence-corrected chi connectivity index (χ4v) is 3.37. The fourth-order valence-electron chi connectivity index (χ4n) is 2.85. The number of hydrogen-bond acceptors (Lipinski definition) is 7. The van der Waals surface area contributed by atoms with Gasteiger partial charge >= 0.3 is 6.03 Å². The third kappa shape index (κ3) is 3.86. The number of nitrogens with one attached hydrogen (secondary N) is 2. The summed E-state index contributed by atoms with van der Waals surface area (Å²) < 4.78 is 6.87. The molecule has 2 N–H and O–H groups in total. The Bertz CT molecular complexity index is 976. The summed E-state index contributed by atoms with van der Waals surface area (Å²) in [5, 5.41) is 12.2. The second-order valence-corrected chi connectivity index (χ2v) is 6.78. The van der Waals surface area contributed by atoms with Crippen molar-refractivity contribution in [3.8, 4) is 11.3 Å². The summed E-state index contributed by atoms with van der Waals surface area (Å²) in [6.07, 6.45) is 4.94. The molecule has 2 atom stereocenters. The molecule has 0 radical (unpaired) electrons. The Kier molecular flexibility index (Phi) is 4.90. The van der Waals surface area contributed by atoms with E-state index in [1.54, 1.807) is 30.0 Å². The van der Waals surface area contributed by atoms with E-state index in [1.165, 1.54) is 22.1 Å². The number of nitrogens with zero attached hydrogens (tertiary/aromatic N) is 4. The van der Waals surface area contributed by atoms with Gasteiger partial charge in [0.25, 0.3) is 5.56 Å². The Morgan fingerprint density at radius 2 is 2.04 bits per heavy atom. The molecule has 1 saturated heterocycles. The molecular formula is C17H16N6O3S. The lowest BCUT2D eigenvalue weighted by Crippen LogP contribution is -2.45. The van der Waals surface area contributed by atoms with E-state index in [1.807, 2.05) is 12.1 Å². The summed E-state index contributed by atoms with van der Waals surface area (Å²) in [7, 11) is 0. The molecule has 1 aliphatic rings. The summed E-state index contributed by atoms with van der Waals surface area (Å²) in [5.41, 5.74) is 1.24. The van der Waals surface area contributed by atoms with Gasteiger partial charge in [-0.15, -0.1) is 11.3 Å². The summed E-state index contributed by atoms with van der Waals surface area (Å²) >= 11 is 1.32. The van der Waals surface area contributed by atoms with Gasteiger partial charge in [-0.05, 0) is 18.2 Å². The van der Waals surface area contributed by atoms with Gasteiger partial charge in [0.05, 0.1) is 24.9 Å². The molecule has 3 aromatic heterocycles. The maximum absolute atomic E-state index is 12.4. The first-order chi connectivity index (χ1) is 13.2. The zero-order valence-electron chi connectivity index (χ0n) is 14.1. The van der Waals surface area contributed by atoms with Crippen LogP contribution in [0.4, 0.5) is 9.93 Å². The number of urea groups is 1. The molecule has 1 fully saturated rings. The largest absolute Gasteiger partial charge is 0.377 e. The standard InChI is InChI=1S/C17H16N6O3S/c24-15-2-1-12(11-3-5-18-6-4-11)22-23(15)14-10-26-9-13(14)20-16(25)21-17-19-7-8-27-17/h1-8,13-14H,9-10H2,(H2,19,20,21,25). The number of hydrogen-bond donors (Lipinski definition) is 2. The highest BCUT2D eigenvalue weighted by Gasteiger charge is 2.32. The molecule has 0 saturated carbocycles. The van der Waals surface area contributed by atoms with Crippen LogP contribution >= 0.6 is 11.3 Å². The Hall–Kier alpha value is -3.11. The van der Waals surface area contributed by atoms with Crippen molar-refractivity contribution < 1.29 is 9.53 Å². The molecule has 27 heavy (non-hydrogen) atoms. The molecule has 10 heteroatoms.